The molecule has 0 amide bonds. The fourth-order valence-electron chi connectivity index (χ4n) is 2.27. The van der Waals surface area contributed by atoms with Gasteiger partial charge in [-0.1, -0.05) is 6.42 Å². The van der Waals surface area contributed by atoms with Crippen LogP contribution in [0.4, 0.5) is 0 Å². The van der Waals surface area contributed by atoms with Crippen molar-refractivity contribution in [1.29, 1.82) is 0 Å². The summed E-state index contributed by atoms with van der Waals surface area (Å²) in [7, 11) is 1.70. The van der Waals surface area contributed by atoms with Crippen molar-refractivity contribution in [3.63, 3.8) is 0 Å². The zero-order chi connectivity index (χ0) is 11.4. The minimum atomic E-state index is -0.0993. The van der Waals surface area contributed by atoms with E-state index in [4.69, 9.17) is 4.74 Å². The first-order valence-electron chi connectivity index (χ1n) is 5.80. The van der Waals surface area contributed by atoms with E-state index in [1.165, 1.54) is 4.88 Å². The summed E-state index contributed by atoms with van der Waals surface area (Å²) in [6.07, 6.45) is 3.18. The van der Waals surface area contributed by atoms with Crippen LogP contribution in [0.1, 0.15) is 24.1 Å². The summed E-state index contributed by atoms with van der Waals surface area (Å²) in [6.45, 7) is 1.74. The highest BCUT2D eigenvalue weighted by Gasteiger charge is 2.24. The second kappa shape index (κ2) is 5.66. The maximum Gasteiger partial charge on any atom is 0.134 e. The van der Waals surface area contributed by atoms with Gasteiger partial charge in [0.1, 0.15) is 5.75 Å². The Balaban J connectivity index is 1.75. The molecule has 1 aromatic heterocycles. The molecule has 4 heteroatoms. The summed E-state index contributed by atoms with van der Waals surface area (Å²) >= 11 is 1.71. The number of hydrogen-bond acceptors (Lipinski definition) is 4. The predicted octanol–water partition coefficient (Wildman–Crippen LogP) is 2.01. The van der Waals surface area contributed by atoms with E-state index in [2.05, 4.69) is 5.32 Å². The van der Waals surface area contributed by atoms with Crippen LogP contribution in [-0.4, -0.2) is 24.9 Å². The molecule has 2 N–H and O–H groups in total. The molecule has 1 aliphatic carbocycles. The Labute approximate surface area is 100 Å². The third kappa shape index (κ3) is 2.75. The summed E-state index contributed by atoms with van der Waals surface area (Å²) in [4.78, 5) is 1.23. The molecule has 2 rings (SSSR count). The van der Waals surface area contributed by atoms with Crippen molar-refractivity contribution in [3.8, 4) is 5.75 Å². The first-order chi connectivity index (χ1) is 7.81. The van der Waals surface area contributed by atoms with Crippen molar-refractivity contribution in [1.82, 2.24) is 5.32 Å². The third-order valence-corrected chi connectivity index (χ3v) is 4.14. The highest BCUT2D eigenvalue weighted by Crippen LogP contribution is 2.26. The second-order valence-corrected chi connectivity index (χ2v) is 5.30. The average molecular weight is 241 g/mol. The number of methoxy groups -OCH3 is 1. The van der Waals surface area contributed by atoms with Gasteiger partial charge in [-0.15, -0.1) is 11.3 Å². The zero-order valence-electron chi connectivity index (χ0n) is 9.61. The molecule has 1 aromatic rings. The molecule has 0 saturated heterocycles. The van der Waals surface area contributed by atoms with Crippen molar-refractivity contribution in [3.05, 3.63) is 16.3 Å². The summed E-state index contributed by atoms with van der Waals surface area (Å²) in [6, 6.07) is 1.99. The maximum absolute atomic E-state index is 9.68. The monoisotopic (exact) mass is 241 g/mol. The molecule has 16 heavy (non-hydrogen) atoms. The fraction of sp³-hybridized carbons (Fsp3) is 0.667. The third-order valence-electron chi connectivity index (χ3n) is 3.24. The van der Waals surface area contributed by atoms with E-state index in [9.17, 15) is 5.11 Å². The lowest BCUT2D eigenvalue weighted by atomic mass is 10.1. The van der Waals surface area contributed by atoms with Crippen molar-refractivity contribution in [2.24, 2.45) is 5.92 Å². The van der Waals surface area contributed by atoms with Crippen LogP contribution in [0.2, 0.25) is 0 Å². The maximum atomic E-state index is 9.68. The van der Waals surface area contributed by atoms with Crippen molar-refractivity contribution in [2.45, 2.75) is 31.9 Å². The molecule has 0 aliphatic heterocycles. The molecule has 1 heterocycles. The Morgan fingerprint density at radius 3 is 3.12 bits per heavy atom. The van der Waals surface area contributed by atoms with Crippen LogP contribution in [0.3, 0.4) is 0 Å². The Morgan fingerprint density at radius 2 is 2.44 bits per heavy atom. The molecule has 2 unspecified atom stereocenters. The molecule has 0 spiro atoms. The first kappa shape index (κ1) is 11.9. The molecule has 0 bridgehead atoms. The van der Waals surface area contributed by atoms with Gasteiger partial charge in [0.05, 0.1) is 18.1 Å². The molecular weight excluding hydrogens is 222 g/mol. The summed E-state index contributed by atoms with van der Waals surface area (Å²) in [5.41, 5.74) is 0. The van der Waals surface area contributed by atoms with E-state index in [1.54, 1.807) is 18.4 Å². The Kier molecular flexibility index (Phi) is 4.21. The van der Waals surface area contributed by atoms with Crippen LogP contribution < -0.4 is 10.1 Å². The summed E-state index contributed by atoms with van der Waals surface area (Å²) in [5.74, 6) is 1.40. The number of aliphatic hydroxyl groups excluding tert-OH is 1. The van der Waals surface area contributed by atoms with Gasteiger partial charge < -0.3 is 15.2 Å². The summed E-state index contributed by atoms with van der Waals surface area (Å²) in [5, 5.41) is 15.1. The number of thiophene rings is 1. The molecule has 0 radical (unpaired) electrons. The number of aliphatic hydroxyl groups is 1. The molecular formula is C12H19NO2S. The van der Waals surface area contributed by atoms with Gasteiger partial charge in [0.25, 0.3) is 0 Å². The Bertz CT molecular complexity index is 327. The van der Waals surface area contributed by atoms with E-state index in [-0.39, 0.29) is 6.10 Å². The van der Waals surface area contributed by atoms with Gasteiger partial charge >= 0.3 is 0 Å². The molecule has 90 valence electrons. The molecule has 2 atom stereocenters. The van der Waals surface area contributed by atoms with E-state index in [0.29, 0.717) is 5.92 Å². The Hall–Kier alpha value is -0.580. The van der Waals surface area contributed by atoms with Crippen LogP contribution in [0.5, 0.6) is 5.75 Å². The second-order valence-electron chi connectivity index (χ2n) is 4.30. The highest BCUT2D eigenvalue weighted by atomic mass is 32.1. The largest absolute Gasteiger partial charge is 0.496 e. The highest BCUT2D eigenvalue weighted by molar-refractivity contribution is 7.10. The van der Waals surface area contributed by atoms with Gasteiger partial charge in [0, 0.05) is 13.1 Å². The van der Waals surface area contributed by atoms with Gasteiger partial charge in [-0.25, -0.2) is 0 Å². The SMILES string of the molecule is COc1ccsc1CNCC1CCCC1O. The first-order valence-corrected chi connectivity index (χ1v) is 6.68. The smallest absolute Gasteiger partial charge is 0.134 e. The predicted molar refractivity (Wildman–Crippen MR) is 65.9 cm³/mol. The van der Waals surface area contributed by atoms with Crippen LogP contribution in [0.25, 0.3) is 0 Å². The van der Waals surface area contributed by atoms with Gasteiger partial charge in [0.2, 0.25) is 0 Å². The van der Waals surface area contributed by atoms with E-state index in [0.717, 1.165) is 38.1 Å². The zero-order valence-corrected chi connectivity index (χ0v) is 10.4. The average Bonchev–Trinajstić information content (AvgIpc) is 2.88. The number of rotatable bonds is 5. The van der Waals surface area contributed by atoms with Crippen LogP contribution in [-0.2, 0) is 6.54 Å². The van der Waals surface area contributed by atoms with Crippen LogP contribution >= 0.6 is 11.3 Å². The normalized spacial score (nSPS) is 24.9. The van der Waals surface area contributed by atoms with E-state index >= 15 is 0 Å². The van der Waals surface area contributed by atoms with Crippen LogP contribution in [0, 0.1) is 5.92 Å². The van der Waals surface area contributed by atoms with E-state index < -0.39 is 0 Å². The number of nitrogens with one attached hydrogen (secondary N) is 1. The minimum absolute atomic E-state index is 0.0993. The number of hydrogen-bond donors (Lipinski definition) is 2. The fourth-order valence-corrected chi connectivity index (χ4v) is 3.07. The molecule has 3 nitrogen and oxygen atoms in total. The summed E-state index contributed by atoms with van der Waals surface area (Å²) < 4.78 is 5.25. The lowest BCUT2D eigenvalue weighted by Crippen LogP contribution is -2.27. The topological polar surface area (TPSA) is 41.5 Å². The van der Waals surface area contributed by atoms with E-state index in [1.807, 2.05) is 11.4 Å². The van der Waals surface area contributed by atoms with Crippen LogP contribution in [0.15, 0.2) is 11.4 Å². The lowest BCUT2D eigenvalue weighted by molar-refractivity contribution is 0.131. The van der Waals surface area contributed by atoms with Crippen molar-refractivity contribution < 1.29 is 9.84 Å². The number of ether oxygens (including phenoxy) is 1. The molecule has 1 fully saturated rings. The van der Waals surface area contributed by atoms with Gasteiger partial charge in [-0.3, -0.25) is 0 Å². The Morgan fingerprint density at radius 1 is 1.56 bits per heavy atom. The molecule has 0 aromatic carbocycles. The lowest BCUT2D eigenvalue weighted by Gasteiger charge is -2.14. The van der Waals surface area contributed by atoms with Gasteiger partial charge in [0.15, 0.2) is 0 Å². The molecule has 1 aliphatic rings. The minimum Gasteiger partial charge on any atom is -0.496 e. The standard InChI is InChI=1S/C12H19NO2S/c1-15-11-5-6-16-12(11)8-13-7-9-3-2-4-10(9)14/h5-6,9-10,13-14H,2-4,7-8H2,1H3. The van der Waals surface area contributed by atoms with Crippen molar-refractivity contribution in [2.75, 3.05) is 13.7 Å². The van der Waals surface area contributed by atoms with Crippen molar-refractivity contribution >= 4 is 11.3 Å². The van der Waals surface area contributed by atoms with Gasteiger partial charge in [-0.2, -0.15) is 0 Å². The molecule has 1 saturated carbocycles. The quantitative estimate of drug-likeness (QED) is 0.828. The van der Waals surface area contributed by atoms with Gasteiger partial charge in [-0.05, 0) is 30.2 Å².